The molecule has 1 heterocycles. The molecule has 4 saturated carbocycles. The summed E-state index contributed by atoms with van der Waals surface area (Å²) in [5, 5.41) is 8.78. The highest BCUT2D eigenvalue weighted by atomic mass is 19.4. The van der Waals surface area contributed by atoms with E-state index < -0.39 is 12.1 Å². The molecule has 0 unspecified atom stereocenters. The van der Waals surface area contributed by atoms with Crippen LogP contribution in [-0.4, -0.2) is 36.9 Å². The molecule has 5 atom stereocenters. The number of rotatable bonds is 3. The molecule has 4 aliphatic carbocycles. The van der Waals surface area contributed by atoms with Crippen molar-refractivity contribution in [1.29, 1.82) is 0 Å². The third-order valence-electron chi connectivity index (χ3n) is 6.85. The summed E-state index contributed by atoms with van der Waals surface area (Å²) >= 11 is 0. The molecule has 1 saturated heterocycles. The molecule has 5 aliphatic rings. The summed E-state index contributed by atoms with van der Waals surface area (Å²) in [4.78, 5) is 8.78. The van der Waals surface area contributed by atoms with E-state index in [1.807, 2.05) is 0 Å². The first kappa shape index (κ1) is 20.0. The summed E-state index contributed by atoms with van der Waals surface area (Å²) in [6.07, 6.45) is 1.32. The third kappa shape index (κ3) is 3.50. The SMILES string of the molecule is CC1(C)[C@@H]2C[C@H]3OB([C@@H](N)CC4CC4)O[C@@]3(C)[C@H]1C2.O=C([O-])C(F)(F)F. The number of hydrogen-bond donors (Lipinski definition) is 1. The van der Waals surface area contributed by atoms with Gasteiger partial charge >= 0.3 is 13.3 Å². The Morgan fingerprint density at radius 2 is 1.88 bits per heavy atom. The number of carbonyl (C=O) groups is 1. The van der Waals surface area contributed by atoms with Crippen LogP contribution in [0.3, 0.4) is 0 Å². The van der Waals surface area contributed by atoms with E-state index >= 15 is 0 Å². The molecule has 1 aliphatic heterocycles. The van der Waals surface area contributed by atoms with Crippen molar-refractivity contribution < 1.29 is 32.4 Å². The van der Waals surface area contributed by atoms with Gasteiger partial charge in [0.2, 0.25) is 0 Å². The topological polar surface area (TPSA) is 84.6 Å². The van der Waals surface area contributed by atoms with Gasteiger partial charge in [-0.25, -0.2) is 0 Å². The average Bonchev–Trinajstić information content (AvgIpc) is 3.23. The summed E-state index contributed by atoms with van der Waals surface area (Å²) < 4.78 is 44.1. The quantitative estimate of drug-likeness (QED) is 0.758. The zero-order valence-corrected chi connectivity index (χ0v) is 15.3. The fourth-order valence-electron chi connectivity index (χ4n) is 4.93. The van der Waals surface area contributed by atoms with E-state index in [0.29, 0.717) is 11.3 Å². The fraction of sp³-hybridized carbons (Fsp3) is 0.941. The summed E-state index contributed by atoms with van der Waals surface area (Å²) in [5.74, 6) is -0.648. The van der Waals surface area contributed by atoms with Crippen molar-refractivity contribution in [2.24, 2.45) is 28.9 Å². The van der Waals surface area contributed by atoms with Gasteiger partial charge < -0.3 is 24.9 Å². The minimum atomic E-state index is -5.19. The fourth-order valence-corrected chi connectivity index (χ4v) is 4.93. The van der Waals surface area contributed by atoms with Crippen LogP contribution in [0.25, 0.3) is 0 Å². The van der Waals surface area contributed by atoms with Crippen LogP contribution in [0, 0.1) is 23.2 Å². The van der Waals surface area contributed by atoms with Gasteiger partial charge in [-0.1, -0.05) is 26.7 Å². The van der Waals surface area contributed by atoms with E-state index in [9.17, 15) is 13.2 Å². The maximum absolute atomic E-state index is 10.5. The number of carbonyl (C=O) groups excluding carboxylic acids is 1. The Hall–Kier alpha value is -0.795. The number of carboxylic acid groups (broad SMARTS) is 1. The molecule has 9 heteroatoms. The molecule has 0 aromatic carbocycles. The molecule has 2 bridgehead atoms. The van der Waals surface area contributed by atoms with Crippen LogP contribution in [0.15, 0.2) is 0 Å². The number of nitrogens with two attached hydrogens (primary N) is 1. The predicted molar refractivity (Wildman–Crippen MR) is 86.5 cm³/mol. The lowest BCUT2D eigenvalue weighted by atomic mass is 9.43. The lowest BCUT2D eigenvalue weighted by Gasteiger charge is -2.64. The second kappa shape index (κ2) is 6.38. The Balaban J connectivity index is 0.000000242. The van der Waals surface area contributed by atoms with Gasteiger partial charge in [0, 0.05) is 5.94 Å². The second-order valence-electron chi connectivity index (χ2n) is 8.97. The highest BCUT2D eigenvalue weighted by Crippen LogP contribution is 2.65. The number of aliphatic carboxylic acids is 1. The lowest BCUT2D eigenvalue weighted by molar-refractivity contribution is -0.344. The van der Waals surface area contributed by atoms with E-state index in [1.165, 1.54) is 19.3 Å². The van der Waals surface area contributed by atoms with Gasteiger partial charge in [0.15, 0.2) is 0 Å². The maximum atomic E-state index is 10.5. The zero-order chi connectivity index (χ0) is 19.5. The van der Waals surface area contributed by atoms with E-state index in [2.05, 4.69) is 20.8 Å². The smallest absolute Gasteiger partial charge is 0.475 e. The Morgan fingerprint density at radius 3 is 2.35 bits per heavy atom. The monoisotopic (exact) mass is 376 g/mol. The molecular weight excluding hydrogens is 350 g/mol. The van der Waals surface area contributed by atoms with Crippen LogP contribution in [0.4, 0.5) is 13.2 Å². The van der Waals surface area contributed by atoms with Crippen LogP contribution in [0.2, 0.25) is 0 Å². The Morgan fingerprint density at radius 1 is 1.31 bits per heavy atom. The maximum Gasteiger partial charge on any atom is 0.475 e. The van der Waals surface area contributed by atoms with Crippen molar-refractivity contribution in [2.45, 2.75) is 76.7 Å². The minimum Gasteiger partial charge on any atom is -0.542 e. The third-order valence-corrected chi connectivity index (χ3v) is 6.85. The first-order valence-electron chi connectivity index (χ1n) is 9.22. The van der Waals surface area contributed by atoms with E-state index in [1.54, 1.807) is 0 Å². The van der Waals surface area contributed by atoms with Gasteiger partial charge in [-0.15, -0.1) is 0 Å². The van der Waals surface area contributed by atoms with Crippen molar-refractivity contribution in [3.8, 4) is 0 Å². The number of halogens is 3. The number of carboxylic acids is 1. The normalized spacial score (nSPS) is 38.6. The van der Waals surface area contributed by atoms with Crippen molar-refractivity contribution in [1.82, 2.24) is 0 Å². The van der Waals surface area contributed by atoms with Crippen LogP contribution in [-0.2, 0) is 14.1 Å². The van der Waals surface area contributed by atoms with Gasteiger partial charge in [0.25, 0.3) is 0 Å². The predicted octanol–water partition coefficient (Wildman–Crippen LogP) is 1.68. The van der Waals surface area contributed by atoms with Gasteiger partial charge in [-0.3, -0.25) is 0 Å². The van der Waals surface area contributed by atoms with Crippen molar-refractivity contribution >= 4 is 13.1 Å². The summed E-state index contributed by atoms with van der Waals surface area (Å²) in [6, 6.07) is 0. The molecular formula is C17H26BF3NO4-. The molecule has 5 fully saturated rings. The molecule has 26 heavy (non-hydrogen) atoms. The molecule has 0 aromatic rings. The van der Waals surface area contributed by atoms with Gasteiger partial charge in [0.05, 0.1) is 11.7 Å². The van der Waals surface area contributed by atoms with Gasteiger partial charge in [-0.05, 0) is 49.4 Å². The molecule has 0 aromatic heterocycles. The second-order valence-corrected chi connectivity index (χ2v) is 8.97. The highest BCUT2D eigenvalue weighted by Gasteiger charge is 2.68. The first-order valence-corrected chi connectivity index (χ1v) is 9.22. The van der Waals surface area contributed by atoms with E-state index in [0.717, 1.165) is 24.7 Å². The molecule has 5 nitrogen and oxygen atoms in total. The van der Waals surface area contributed by atoms with Gasteiger partial charge in [0.1, 0.15) is 5.97 Å². The molecule has 5 rings (SSSR count). The van der Waals surface area contributed by atoms with Crippen LogP contribution in [0.1, 0.15) is 52.9 Å². The largest absolute Gasteiger partial charge is 0.542 e. The van der Waals surface area contributed by atoms with Crippen LogP contribution < -0.4 is 10.8 Å². The Labute approximate surface area is 151 Å². The highest BCUT2D eigenvalue weighted by molar-refractivity contribution is 6.47. The minimum absolute atomic E-state index is 0.0650. The standard InChI is InChI=1S/C15H26BNO2.C2HF3O2/c1-14(2)10-7-11(14)15(3)12(8-10)18-16(19-15)13(17)6-9-4-5-9;3-2(4,5)1(6)7/h9-13H,4-8,17H2,1-3H3;(H,6,7)/p-1/t10-,11-,12+,13-,15-;/m0./s1. The summed E-state index contributed by atoms with van der Waals surface area (Å²) in [6.45, 7) is 7.06. The summed E-state index contributed by atoms with van der Waals surface area (Å²) in [7, 11) is -0.161. The van der Waals surface area contributed by atoms with E-state index in [-0.39, 0.29) is 24.8 Å². The Bertz CT molecular complexity index is 569. The summed E-state index contributed by atoms with van der Waals surface area (Å²) in [5.41, 5.74) is 6.64. The number of hydrogen-bond acceptors (Lipinski definition) is 5. The molecule has 148 valence electrons. The molecule has 2 N–H and O–H groups in total. The first-order chi connectivity index (χ1) is 11.9. The van der Waals surface area contributed by atoms with Crippen molar-refractivity contribution in [3.63, 3.8) is 0 Å². The van der Waals surface area contributed by atoms with Gasteiger partial charge in [-0.2, -0.15) is 13.2 Å². The molecule has 0 amide bonds. The number of alkyl halides is 3. The molecule has 0 spiro atoms. The Kier molecular flexibility index (Phi) is 4.89. The molecule has 0 radical (unpaired) electrons. The van der Waals surface area contributed by atoms with Crippen LogP contribution in [0.5, 0.6) is 0 Å². The van der Waals surface area contributed by atoms with Crippen molar-refractivity contribution in [3.05, 3.63) is 0 Å². The van der Waals surface area contributed by atoms with E-state index in [4.69, 9.17) is 24.9 Å². The van der Waals surface area contributed by atoms with Crippen molar-refractivity contribution in [2.75, 3.05) is 0 Å². The average molecular weight is 376 g/mol. The zero-order valence-electron chi connectivity index (χ0n) is 15.3. The lowest BCUT2D eigenvalue weighted by Crippen LogP contribution is -2.65. The van der Waals surface area contributed by atoms with Crippen LogP contribution >= 0.6 is 0 Å².